The van der Waals surface area contributed by atoms with Crippen LogP contribution in [0.5, 0.6) is 0 Å². The largest absolute Gasteiger partial charge is 0.320 e. The van der Waals surface area contributed by atoms with E-state index in [1.165, 1.54) is 49.4 Å². The molecule has 0 atom stereocenters. The molecule has 0 unspecified atom stereocenters. The average molecular weight is 283 g/mol. The highest BCUT2D eigenvalue weighted by atomic mass is 15.2. The van der Waals surface area contributed by atoms with Gasteiger partial charge in [0.05, 0.1) is 0 Å². The maximum absolute atomic E-state index is 3.58. The molecule has 3 rings (SSSR count). The lowest BCUT2D eigenvalue weighted by Gasteiger charge is -2.15. The first kappa shape index (κ1) is 14.4. The molecule has 0 radical (unpaired) electrons. The highest BCUT2D eigenvalue weighted by molar-refractivity contribution is 5.37. The van der Waals surface area contributed by atoms with Crippen LogP contribution in [0, 0.1) is 6.92 Å². The molecule has 3 heteroatoms. The van der Waals surface area contributed by atoms with E-state index in [0.29, 0.717) is 0 Å². The van der Waals surface area contributed by atoms with Gasteiger partial charge in [0.15, 0.2) is 0 Å². The Kier molecular flexibility index (Phi) is 4.73. The van der Waals surface area contributed by atoms with Crippen LogP contribution >= 0.6 is 0 Å². The maximum Gasteiger partial charge on any atom is 0.0455 e. The van der Waals surface area contributed by atoms with Gasteiger partial charge in [0.25, 0.3) is 0 Å². The first-order chi connectivity index (χ1) is 10.3. The number of hydrogen-bond acceptors (Lipinski definition) is 2. The van der Waals surface area contributed by atoms with E-state index in [-0.39, 0.29) is 0 Å². The predicted molar refractivity (Wildman–Crippen MR) is 87.9 cm³/mol. The molecule has 0 spiro atoms. The Hall–Kier alpha value is -1.58. The quantitative estimate of drug-likeness (QED) is 0.823. The van der Waals surface area contributed by atoms with Gasteiger partial charge in [-0.2, -0.15) is 0 Å². The van der Waals surface area contributed by atoms with Crippen molar-refractivity contribution in [1.29, 1.82) is 0 Å². The lowest BCUT2D eigenvalue weighted by molar-refractivity contribution is 0.335. The van der Waals surface area contributed by atoms with Gasteiger partial charge in [0, 0.05) is 37.2 Å². The van der Waals surface area contributed by atoms with Crippen LogP contribution in [-0.2, 0) is 6.54 Å². The Morgan fingerprint density at radius 3 is 2.76 bits per heavy atom. The Morgan fingerprint density at radius 1 is 1.10 bits per heavy atom. The van der Waals surface area contributed by atoms with E-state index in [2.05, 4.69) is 64.3 Å². The van der Waals surface area contributed by atoms with E-state index in [1.807, 2.05) is 0 Å². The fraction of sp³-hybridized carbons (Fsp3) is 0.444. The average Bonchev–Trinajstić information content (AvgIpc) is 3.15. The van der Waals surface area contributed by atoms with Crippen LogP contribution in [-0.4, -0.2) is 35.6 Å². The summed E-state index contributed by atoms with van der Waals surface area (Å²) in [5.74, 6) is 0. The van der Waals surface area contributed by atoms with E-state index in [9.17, 15) is 0 Å². The molecule has 0 amide bonds. The molecule has 3 nitrogen and oxygen atoms in total. The SMILES string of the molecule is Cc1cccc(-n2cccc2CNCCN2CCCC2)c1. The lowest BCUT2D eigenvalue weighted by Crippen LogP contribution is -2.30. The first-order valence-corrected chi connectivity index (χ1v) is 7.99. The van der Waals surface area contributed by atoms with E-state index in [1.54, 1.807) is 0 Å². The molecule has 1 aromatic heterocycles. The first-order valence-electron chi connectivity index (χ1n) is 7.99. The number of likely N-dealkylation sites (tertiary alicyclic amines) is 1. The molecule has 0 bridgehead atoms. The molecule has 0 aliphatic carbocycles. The molecule has 0 saturated carbocycles. The number of hydrogen-bond donors (Lipinski definition) is 1. The number of aromatic nitrogens is 1. The van der Waals surface area contributed by atoms with Crippen molar-refractivity contribution in [2.45, 2.75) is 26.3 Å². The third-order valence-electron chi connectivity index (χ3n) is 4.22. The molecule has 1 fully saturated rings. The number of rotatable bonds is 6. The van der Waals surface area contributed by atoms with Gasteiger partial charge in [-0.3, -0.25) is 0 Å². The van der Waals surface area contributed by atoms with Gasteiger partial charge in [-0.15, -0.1) is 0 Å². The summed E-state index contributed by atoms with van der Waals surface area (Å²) < 4.78 is 2.27. The summed E-state index contributed by atoms with van der Waals surface area (Å²) in [5, 5.41) is 3.58. The second-order valence-corrected chi connectivity index (χ2v) is 5.93. The molecule has 1 N–H and O–H groups in total. The summed E-state index contributed by atoms with van der Waals surface area (Å²) in [6.07, 6.45) is 4.89. The summed E-state index contributed by atoms with van der Waals surface area (Å²) in [6.45, 7) is 7.86. The van der Waals surface area contributed by atoms with Crippen LogP contribution < -0.4 is 5.32 Å². The number of nitrogens with one attached hydrogen (secondary N) is 1. The third-order valence-corrected chi connectivity index (χ3v) is 4.22. The lowest BCUT2D eigenvalue weighted by atomic mass is 10.2. The highest BCUT2D eigenvalue weighted by Crippen LogP contribution is 2.14. The van der Waals surface area contributed by atoms with Crippen molar-refractivity contribution in [2.75, 3.05) is 26.2 Å². The van der Waals surface area contributed by atoms with Gasteiger partial charge in [-0.05, 0) is 62.7 Å². The zero-order chi connectivity index (χ0) is 14.5. The highest BCUT2D eigenvalue weighted by Gasteiger charge is 2.10. The van der Waals surface area contributed by atoms with E-state index in [0.717, 1.165) is 13.1 Å². The minimum atomic E-state index is 0.925. The van der Waals surface area contributed by atoms with Crippen molar-refractivity contribution in [3.63, 3.8) is 0 Å². The normalized spacial score (nSPS) is 15.7. The third kappa shape index (κ3) is 3.74. The van der Waals surface area contributed by atoms with Gasteiger partial charge in [-0.1, -0.05) is 12.1 Å². The smallest absolute Gasteiger partial charge is 0.0455 e. The summed E-state index contributed by atoms with van der Waals surface area (Å²) >= 11 is 0. The molecular weight excluding hydrogens is 258 g/mol. The maximum atomic E-state index is 3.58. The molecule has 21 heavy (non-hydrogen) atoms. The number of nitrogens with zero attached hydrogens (tertiary/aromatic N) is 2. The summed E-state index contributed by atoms with van der Waals surface area (Å²) in [5.41, 5.74) is 3.87. The Balaban J connectivity index is 1.55. The topological polar surface area (TPSA) is 20.2 Å². The molecular formula is C18H25N3. The molecule has 2 heterocycles. The fourth-order valence-corrected chi connectivity index (χ4v) is 3.05. The minimum Gasteiger partial charge on any atom is -0.320 e. The second kappa shape index (κ2) is 6.92. The van der Waals surface area contributed by atoms with Gasteiger partial charge in [0.2, 0.25) is 0 Å². The molecule has 1 aliphatic heterocycles. The van der Waals surface area contributed by atoms with Crippen LogP contribution in [0.4, 0.5) is 0 Å². The molecule has 1 saturated heterocycles. The minimum absolute atomic E-state index is 0.925. The van der Waals surface area contributed by atoms with Gasteiger partial charge in [0.1, 0.15) is 0 Å². The second-order valence-electron chi connectivity index (χ2n) is 5.93. The van der Waals surface area contributed by atoms with Crippen LogP contribution in [0.1, 0.15) is 24.1 Å². The van der Waals surface area contributed by atoms with E-state index >= 15 is 0 Å². The molecule has 2 aromatic rings. The van der Waals surface area contributed by atoms with Crippen molar-refractivity contribution in [3.05, 3.63) is 53.9 Å². The Morgan fingerprint density at radius 2 is 1.95 bits per heavy atom. The number of aryl methyl sites for hydroxylation is 1. The standard InChI is InChI=1S/C18H25N3/c1-16-6-4-7-17(14-16)21-12-5-8-18(21)15-19-9-13-20-10-2-3-11-20/h4-8,12,14,19H,2-3,9-11,13,15H2,1H3. The summed E-state index contributed by atoms with van der Waals surface area (Å²) in [6, 6.07) is 13.0. The zero-order valence-corrected chi connectivity index (χ0v) is 12.9. The zero-order valence-electron chi connectivity index (χ0n) is 12.9. The monoisotopic (exact) mass is 283 g/mol. The van der Waals surface area contributed by atoms with Crippen molar-refractivity contribution in [1.82, 2.24) is 14.8 Å². The molecule has 1 aliphatic rings. The number of benzene rings is 1. The van der Waals surface area contributed by atoms with E-state index < -0.39 is 0 Å². The van der Waals surface area contributed by atoms with Gasteiger partial charge >= 0.3 is 0 Å². The van der Waals surface area contributed by atoms with Crippen molar-refractivity contribution in [3.8, 4) is 5.69 Å². The van der Waals surface area contributed by atoms with Crippen LogP contribution in [0.25, 0.3) is 5.69 Å². The Bertz CT molecular complexity index is 567. The van der Waals surface area contributed by atoms with Crippen molar-refractivity contribution in [2.24, 2.45) is 0 Å². The van der Waals surface area contributed by atoms with Crippen molar-refractivity contribution < 1.29 is 0 Å². The molecule has 112 valence electrons. The van der Waals surface area contributed by atoms with Gasteiger partial charge < -0.3 is 14.8 Å². The summed E-state index contributed by atoms with van der Waals surface area (Å²) in [7, 11) is 0. The van der Waals surface area contributed by atoms with Crippen molar-refractivity contribution >= 4 is 0 Å². The fourth-order valence-electron chi connectivity index (χ4n) is 3.05. The summed E-state index contributed by atoms with van der Waals surface area (Å²) in [4.78, 5) is 2.55. The Labute approximate surface area is 127 Å². The van der Waals surface area contributed by atoms with Gasteiger partial charge in [-0.25, -0.2) is 0 Å². The molecule has 1 aromatic carbocycles. The predicted octanol–water partition coefficient (Wildman–Crippen LogP) is 2.97. The van der Waals surface area contributed by atoms with Crippen LogP contribution in [0.15, 0.2) is 42.6 Å². The van der Waals surface area contributed by atoms with E-state index in [4.69, 9.17) is 0 Å². The van der Waals surface area contributed by atoms with Crippen LogP contribution in [0.2, 0.25) is 0 Å². The van der Waals surface area contributed by atoms with Crippen LogP contribution in [0.3, 0.4) is 0 Å².